The van der Waals surface area contributed by atoms with Crippen LogP contribution in [0.3, 0.4) is 0 Å². The van der Waals surface area contributed by atoms with Crippen LogP contribution in [-0.4, -0.2) is 15.0 Å². The summed E-state index contributed by atoms with van der Waals surface area (Å²) in [5, 5.41) is 0. The number of benzene rings is 1. The highest BCUT2D eigenvalue weighted by molar-refractivity contribution is 9.10. The molecule has 4 nitrogen and oxygen atoms in total. The van der Waals surface area contributed by atoms with E-state index in [-0.39, 0.29) is 0 Å². The maximum atomic E-state index is 5.58. The maximum absolute atomic E-state index is 5.58. The first-order valence-electron chi connectivity index (χ1n) is 5.51. The lowest BCUT2D eigenvalue weighted by Gasteiger charge is -1.95. The number of aromatic amines is 1. The molecule has 0 aliphatic heterocycles. The number of halogens is 1. The number of fused-ring (bicyclic) bond motifs is 1. The number of anilines is 1. The number of aromatic nitrogens is 3. The Labute approximate surface area is 112 Å². The number of pyridine rings is 1. The van der Waals surface area contributed by atoms with Crippen LogP contribution in [0, 0.1) is 6.92 Å². The van der Waals surface area contributed by atoms with Crippen molar-refractivity contribution in [3.05, 3.63) is 40.5 Å². The smallest absolute Gasteiger partial charge is 0.140 e. The second-order valence-electron chi connectivity index (χ2n) is 4.18. The van der Waals surface area contributed by atoms with E-state index in [9.17, 15) is 0 Å². The van der Waals surface area contributed by atoms with Crippen molar-refractivity contribution in [1.82, 2.24) is 15.0 Å². The molecule has 3 rings (SSSR count). The molecule has 18 heavy (non-hydrogen) atoms. The highest BCUT2D eigenvalue weighted by atomic mass is 79.9. The number of nitrogens with two attached hydrogens (primary N) is 1. The van der Waals surface area contributed by atoms with Crippen LogP contribution in [0.25, 0.3) is 22.4 Å². The van der Waals surface area contributed by atoms with Gasteiger partial charge in [0.25, 0.3) is 0 Å². The van der Waals surface area contributed by atoms with Gasteiger partial charge in [-0.05, 0) is 36.8 Å². The second kappa shape index (κ2) is 4.10. The maximum Gasteiger partial charge on any atom is 0.140 e. The molecule has 0 saturated heterocycles. The lowest BCUT2D eigenvalue weighted by atomic mass is 10.2. The molecular weight excluding hydrogens is 292 g/mol. The summed E-state index contributed by atoms with van der Waals surface area (Å²) in [6, 6.07) is 7.74. The summed E-state index contributed by atoms with van der Waals surface area (Å²) in [5.41, 5.74) is 9.62. The van der Waals surface area contributed by atoms with Crippen LogP contribution < -0.4 is 5.73 Å². The van der Waals surface area contributed by atoms with E-state index in [1.807, 2.05) is 25.1 Å². The Morgan fingerprint density at radius 1 is 1.28 bits per heavy atom. The van der Waals surface area contributed by atoms with E-state index in [1.54, 1.807) is 12.3 Å². The fourth-order valence-electron chi connectivity index (χ4n) is 1.93. The summed E-state index contributed by atoms with van der Waals surface area (Å²) < 4.78 is 1.04. The van der Waals surface area contributed by atoms with Crippen molar-refractivity contribution < 1.29 is 0 Å². The first-order chi connectivity index (χ1) is 8.63. The van der Waals surface area contributed by atoms with E-state index >= 15 is 0 Å². The van der Waals surface area contributed by atoms with Gasteiger partial charge in [-0.2, -0.15) is 0 Å². The van der Waals surface area contributed by atoms with Gasteiger partial charge in [-0.25, -0.2) is 9.97 Å². The zero-order chi connectivity index (χ0) is 12.7. The topological polar surface area (TPSA) is 67.6 Å². The molecule has 0 unspecified atom stereocenters. The average molecular weight is 303 g/mol. The van der Waals surface area contributed by atoms with Crippen molar-refractivity contribution in [2.24, 2.45) is 0 Å². The van der Waals surface area contributed by atoms with Crippen LogP contribution in [-0.2, 0) is 0 Å². The Kier molecular flexibility index (Phi) is 2.56. The molecular formula is C13H11BrN4. The lowest BCUT2D eigenvalue weighted by molar-refractivity contribution is 1.28. The summed E-state index contributed by atoms with van der Waals surface area (Å²) in [4.78, 5) is 12.0. The zero-order valence-electron chi connectivity index (χ0n) is 9.74. The Balaban J connectivity index is 2.19. The van der Waals surface area contributed by atoms with Gasteiger partial charge in [-0.3, -0.25) is 0 Å². The molecule has 2 aromatic heterocycles. The van der Waals surface area contributed by atoms with Crippen molar-refractivity contribution in [3.8, 4) is 11.4 Å². The minimum atomic E-state index is 0.508. The van der Waals surface area contributed by atoms with Crippen molar-refractivity contribution in [2.45, 2.75) is 6.92 Å². The fourth-order valence-corrected chi connectivity index (χ4v) is 2.50. The van der Waals surface area contributed by atoms with E-state index in [0.717, 1.165) is 32.5 Å². The van der Waals surface area contributed by atoms with Crippen LogP contribution in [0.5, 0.6) is 0 Å². The fraction of sp³-hybridized carbons (Fsp3) is 0.0769. The first-order valence-corrected chi connectivity index (χ1v) is 6.30. The summed E-state index contributed by atoms with van der Waals surface area (Å²) in [7, 11) is 0. The summed E-state index contributed by atoms with van der Waals surface area (Å²) in [6.07, 6.45) is 1.72. The predicted molar refractivity (Wildman–Crippen MR) is 76.2 cm³/mol. The number of hydrogen-bond acceptors (Lipinski definition) is 3. The van der Waals surface area contributed by atoms with Crippen LogP contribution in [0.2, 0.25) is 0 Å². The number of rotatable bonds is 1. The summed E-state index contributed by atoms with van der Waals surface area (Å²) in [5.74, 6) is 1.31. The SMILES string of the molecule is Cc1cc(Br)cc2[nH]c(-c3ccc(N)nc3)nc12. The third kappa shape index (κ3) is 1.86. The second-order valence-corrected chi connectivity index (χ2v) is 5.09. The van der Waals surface area contributed by atoms with Gasteiger partial charge < -0.3 is 10.7 Å². The summed E-state index contributed by atoms with van der Waals surface area (Å²) in [6.45, 7) is 2.04. The largest absolute Gasteiger partial charge is 0.384 e. The number of imidazole rings is 1. The number of nitrogens with one attached hydrogen (secondary N) is 1. The molecule has 0 aliphatic carbocycles. The molecule has 3 N–H and O–H groups in total. The highest BCUT2D eigenvalue weighted by Crippen LogP contribution is 2.25. The molecule has 0 fully saturated rings. The average Bonchev–Trinajstić information content (AvgIpc) is 2.74. The summed E-state index contributed by atoms with van der Waals surface area (Å²) >= 11 is 3.48. The third-order valence-electron chi connectivity index (χ3n) is 2.80. The third-order valence-corrected chi connectivity index (χ3v) is 3.26. The van der Waals surface area contributed by atoms with Crippen LogP contribution in [0.15, 0.2) is 34.9 Å². The van der Waals surface area contributed by atoms with Crippen molar-refractivity contribution in [2.75, 3.05) is 5.73 Å². The molecule has 90 valence electrons. The molecule has 5 heteroatoms. The van der Waals surface area contributed by atoms with Gasteiger partial charge >= 0.3 is 0 Å². The van der Waals surface area contributed by atoms with E-state index in [4.69, 9.17) is 5.73 Å². The lowest BCUT2D eigenvalue weighted by Crippen LogP contribution is -1.89. The van der Waals surface area contributed by atoms with Gasteiger partial charge in [-0.15, -0.1) is 0 Å². The number of hydrogen-bond donors (Lipinski definition) is 2. The molecule has 0 amide bonds. The van der Waals surface area contributed by atoms with E-state index in [2.05, 4.69) is 30.9 Å². The number of H-pyrrole nitrogens is 1. The Hall–Kier alpha value is -1.88. The van der Waals surface area contributed by atoms with Gasteiger partial charge in [0.05, 0.1) is 11.0 Å². The molecule has 3 aromatic rings. The van der Waals surface area contributed by atoms with E-state index in [1.165, 1.54) is 0 Å². The minimum Gasteiger partial charge on any atom is -0.384 e. The molecule has 1 aromatic carbocycles. The number of nitrogens with zero attached hydrogens (tertiary/aromatic N) is 2. The van der Waals surface area contributed by atoms with Gasteiger partial charge in [0.1, 0.15) is 11.6 Å². The quantitative estimate of drug-likeness (QED) is 0.725. The van der Waals surface area contributed by atoms with E-state index in [0.29, 0.717) is 5.82 Å². The standard InChI is InChI=1S/C13H11BrN4/c1-7-4-9(14)5-10-12(7)18-13(17-10)8-2-3-11(15)16-6-8/h2-6H,1H3,(H2,15,16)(H,17,18). The van der Waals surface area contributed by atoms with Gasteiger partial charge in [0.2, 0.25) is 0 Å². The Bertz CT molecular complexity index is 716. The van der Waals surface area contributed by atoms with Crippen molar-refractivity contribution >= 4 is 32.8 Å². The van der Waals surface area contributed by atoms with Gasteiger partial charge in [-0.1, -0.05) is 15.9 Å². The molecule has 2 heterocycles. The Morgan fingerprint density at radius 2 is 2.11 bits per heavy atom. The van der Waals surface area contributed by atoms with Crippen LogP contribution in [0.1, 0.15) is 5.56 Å². The van der Waals surface area contributed by atoms with Gasteiger partial charge in [0, 0.05) is 16.2 Å². The monoisotopic (exact) mass is 302 g/mol. The molecule has 0 bridgehead atoms. The number of aryl methyl sites for hydroxylation is 1. The minimum absolute atomic E-state index is 0.508. The molecule has 0 spiro atoms. The molecule has 0 aliphatic rings. The Morgan fingerprint density at radius 3 is 2.83 bits per heavy atom. The van der Waals surface area contributed by atoms with Crippen LogP contribution in [0.4, 0.5) is 5.82 Å². The normalized spacial score (nSPS) is 11.0. The molecule has 0 atom stereocenters. The first kappa shape index (κ1) is 11.2. The highest BCUT2D eigenvalue weighted by Gasteiger charge is 2.08. The molecule has 0 saturated carbocycles. The number of nitrogen functional groups attached to an aromatic ring is 1. The molecule has 0 radical (unpaired) electrons. The van der Waals surface area contributed by atoms with Crippen LogP contribution >= 0.6 is 15.9 Å². The predicted octanol–water partition coefficient (Wildman–Crippen LogP) is 3.28. The van der Waals surface area contributed by atoms with Crippen molar-refractivity contribution in [1.29, 1.82) is 0 Å². The zero-order valence-corrected chi connectivity index (χ0v) is 11.3. The van der Waals surface area contributed by atoms with Crippen molar-refractivity contribution in [3.63, 3.8) is 0 Å². The van der Waals surface area contributed by atoms with E-state index < -0.39 is 0 Å². The van der Waals surface area contributed by atoms with Gasteiger partial charge in [0.15, 0.2) is 0 Å².